The molecule has 6 heteroatoms. The minimum atomic E-state index is -1.02. The molecule has 0 saturated carbocycles. The van der Waals surface area contributed by atoms with Gasteiger partial charge in [0.05, 0.1) is 12.6 Å². The molecule has 0 saturated heterocycles. The van der Waals surface area contributed by atoms with Crippen LogP contribution in [0.5, 0.6) is 0 Å². The minimum absolute atomic E-state index is 0.177. The van der Waals surface area contributed by atoms with Crippen molar-refractivity contribution in [3.63, 3.8) is 0 Å². The summed E-state index contributed by atoms with van der Waals surface area (Å²) < 4.78 is 4.73. The molecule has 1 unspecified atom stereocenters. The van der Waals surface area contributed by atoms with Crippen molar-refractivity contribution in [2.24, 2.45) is 5.73 Å². The van der Waals surface area contributed by atoms with Gasteiger partial charge in [-0.1, -0.05) is 13.3 Å². The van der Waals surface area contributed by atoms with Crippen molar-refractivity contribution in [1.82, 2.24) is 5.32 Å². The second-order valence-electron chi connectivity index (χ2n) is 3.13. The van der Waals surface area contributed by atoms with E-state index in [1.54, 1.807) is 0 Å². The zero-order valence-electron chi connectivity index (χ0n) is 8.86. The highest BCUT2D eigenvalue weighted by molar-refractivity contribution is 5.81. The van der Waals surface area contributed by atoms with Gasteiger partial charge in [-0.15, -0.1) is 0 Å². The molecule has 1 atom stereocenters. The summed E-state index contributed by atoms with van der Waals surface area (Å²) in [5.41, 5.74) is 5.54. The number of nitrogens with two attached hydrogens (primary N) is 1. The summed E-state index contributed by atoms with van der Waals surface area (Å²) >= 11 is 0. The topological polar surface area (TPSA) is 102 Å². The molecule has 0 rings (SSSR count). The van der Waals surface area contributed by atoms with Gasteiger partial charge in [-0.2, -0.15) is 0 Å². The van der Waals surface area contributed by atoms with Crippen molar-refractivity contribution < 1.29 is 19.4 Å². The monoisotopic (exact) mass is 218 g/mol. The van der Waals surface area contributed by atoms with E-state index in [1.807, 2.05) is 6.92 Å². The Hall–Kier alpha value is -1.14. The Morgan fingerprint density at radius 3 is 2.73 bits per heavy atom. The van der Waals surface area contributed by atoms with E-state index < -0.39 is 12.0 Å². The number of amides is 1. The second kappa shape index (κ2) is 8.19. The van der Waals surface area contributed by atoms with Crippen LogP contribution < -0.4 is 11.1 Å². The van der Waals surface area contributed by atoms with Gasteiger partial charge in [0.25, 0.3) is 0 Å². The van der Waals surface area contributed by atoms with Crippen molar-refractivity contribution in [2.45, 2.75) is 25.8 Å². The smallest absolute Gasteiger partial charge is 0.329 e. The first-order valence-electron chi connectivity index (χ1n) is 4.90. The molecule has 0 aromatic rings. The highest BCUT2D eigenvalue weighted by Crippen LogP contribution is 1.92. The molecular weight excluding hydrogens is 200 g/mol. The molecule has 0 aromatic carbocycles. The average molecular weight is 218 g/mol. The van der Waals surface area contributed by atoms with Crippen LogP contribution in [0.25, 0.3) is 0 Å². The standard InChI is InChI=1S/C9H18N2O4/c1-2-3-7(10)9(14)11-4-5-15-6-8(12)13/h7H,2-6,10H2,1H3,(H,11,14)(H,12,13). The number of carboxylic acids is 1. The molecular formula is C9H18N2O4. The Bertz CT molecular complexity index is 208. The lowest BCUT2D eigenvalue weighted by molar-refractivity contribution is -0.142. The van der Waals surface area contributed by atoms with Crippen molar-refractivity contribution >= 4 is 11.9 Å². The summed E-state index contributed by atoms with van der Waals surface area (Å²) in [6, 6.07) is -0.491. The molecule has 0 spiro atoms. The Morgan fingerprint density at radius 2 is 2.20 bits per heavy atom. The van der Waals surface area contributed by atoms with Gasteiger partial charge >= 0.3 is 5.97 Å². The molecule has 0 fully saturated rings. The summed E-state index contributed by atoms with van der Waals surface area (Å²) in [6.07, 6.45) is 1.49. The first-order valence-corrected chi connectivity index (χ1v) is 4.90. The Labute approximate surface area is 88.8 Å². The van der Waals surface area contributed by atoms with Gasteiger partial charge in [0, 0.05) is 6.54 Å². The highest BCUT2D eigenvalue weighted by Gasteiger charge is 2.10. The molecule has 15 heavy (non-hydrogen) atoms. The second-order valence-corrected chi connectivity index (χ2v) is 3.13. The van der Waals surface area contributed by atoms with Crippen LogP contribution in [0.3, 0.4) is 0 Å². The molecule has 0 aliphatic carbocycles. The van der Waals surface area contributed by atoms with Crippen molar-refractivity contribution in [3.8, 4) is 0 Å². The maximum absolute atomic E-state index is 11.2. The molecule has 0 radical (unpaired) electrons. The molecule has 0 bridgehead atoms. The lowest BCUT2D eigenvalue weighted by Gasteiger charge is -2.10. The summed E-state index contributed by atoms with van der Waals surface area (Å²) in [5.74, 6) is -1.25. The largest absolute Gasteiger partial charge is 0.480 e. The number of nitrogens with one attached hydrogen (secondary N) is 1. The molecule has 4 N–H and O–H groups in total. The van der Waals surface area contributed by atoms with Gasteiger partial charge in [0.15, 0.2) is 0 Å². The van der Waals surface area contributed by atoms with E-state index in [1.165, 1.54) is 0 Å². The van der Waals surface area contributed by atoms with E-state index in [-0.39, 0.29) is 25.7 Å². The summed E-state index contributed by atoms with van der Waals surface area (Å²) in [5, 5.41) is 10.8. The third kappa shape index (κ3) is 7.90. The first-order chi connectivity index (χ1) is 7.07. The third-order valence-electron chi connectivity index (χ3n) is 1.71. The van der Waals surface area contributed by atoms with Crippen LogP contribution in [-0.4, -0.2) is 42.8 Å². The summed E-state index contributed by atoms with van der Waals surface area (Å²) in [7, 11) is 0. The van der Waals surface area contributed by atoms with Crippen LogP contribution in [0.2, 0.25) is 0 Å². The molecule has 0 aromatic heterocycles. The molecule has 0 heterocycles. The predicted molar refractivity (Wildman–Crippen MR) is 54.3 cm³/mol. The van der Waals surface area contributed by atoms with Gasteiger partial charge in [-0.3, -0.25) is 4.79 Å². The number of aliphatic carboxylic acids is 1. The Balaban J connectivity index is 3.42. The number of carbonyl (C=O) groups is 2. The Kier molecular flexibility index (Phi) is 7.57. The number of hydrogen-bond donors (Lipinski definition) is 3. The van der Waals surface area contributed by atoms with Gasteiger partial charge in [0.2, 0.25) is 5.91 Å². The molecule has 6 nitrogen and oxygen atoms in total. The average Bonchev–Trinajstić information content (AvgIpc) is 2.16. The fraction of sp³-hybridized carbons (Fsp3) is 0.778. The highest BCUT2D eigenvalue weighted by atomic mass is 16.5. The normalized spacial score (nSPS) is 12.1. The third-order valence-corrected chi connectivity index (χ3v) is 1.71. The zero-order chi connectivity index (χ0) is 11.7. The maximum Gasteiger partial charge on any atom is 0.329 e. The quantitative estimate of drug-likeness (QED) is 0.469. The molecule has 0 aliphatic heterocycles. The first kappa shape index (κ1) is 13.9. The number of rotatable bonds is 8. The van der Waals surface area contributed by atoms with Crippen molar-refractivity contribution in [1.29, 1.82) is 0 Å². The summed E-state index contributed by atoms with van der Waals surface area (Å²) in [4.78, 5) is 21.3. The predicted octanol–water partition coefficient (Wildman–Crippen LogP) is -0.669. The number of hydrogen-bond acceptors (Lipinski definition) is 4. The van der Waals surface area contributed by atoms with Crippen LogP contribution in [0.1, 0.15) is 19.8 Å². The maximum atomic E-state index is 11.2. The van der Waals surface area contributed by atoms with Gasteiger partial charge in [0.1, 0.15) is 6.61 Å². The van der Waals surface area contributed by atoms with E-state index in [0.717, 1.165) is 6.42 Å². The van der Waals surface area contributed by atoms with Crippen LogP contribution in [0, 0.1) is 0 Å². The summed E-state index contributed by atoms with van der Waals surface area (Å²) in [6.45, 7) is 2.06. The van der Waals surface area contributed by atoms with Crippen LogP contribution in [0.15, 0.2) is 0 Å². The van der Waals surface area contributed by atoms with E-state index in [0.29, 0.717) is 6.42 Å². The van der Waals surface area contributed by atoms with Gasteiger partial charge in [-0.05, 0) is 6.42 Å². The number of ether oxygens (including phenoxy) is 1. The minimum Gasteiger partial charge on any atom is -0.480 e. The lowest BCUT2D eigenvalue weighted by atomic mass is 10.2. The van der Waals surface area contributed by atoms with Crippen LogP contribution in [-0.2, 0) is 14.3 Å². The van der Waals surface area contributed by atoms with Gasteiger partial charge in [-0.25, -0.2) is 4.79 Å². The number of carboxylic acid groups (broad SMARTS) is 1. The van der Waals surface area contributed by atoms with Crippen molar-refractivity contribution in [2.75, 3.05) is 19.8 Å². The fourth-order valence-electron chi connectivity index (χ4n) is 0.979. The van der Waals surface area contributed by atoms with Gasteiger partial charge < -0.3 is 20.9 Å². The number of carbonyl (C=O) groups excluding carboxylic acids is 1. The lowest BCUT2D eigenvalue weighted by Crippen LogP contribution is -2.41. The molecule has 88 valence electrons. The van der Waals surface area contributed by atoms with Crippen LogP contribution >= 0.6 is 0 Å². The molecule has 0 aliphatic rings. The van der Waals surface area contributed by atoms with Crippen LogP contribution in [0.4, 0.5) is 0 Å². The Morgan fingerprint density at radius 1 is 1.53 bits per heavy atom. The zero-order valence-corrected chi connectivity index (χ0v) is 8.86. The van der Waals surface area contributed by atoms with E-state index in [2.05, 4.69) is 5.32 Å². The van der Waals surface area contributed by atoms with E-state index in [9.17, 15) is 9.59 Å². The fourth-order valence-corrected chi connectivity index (χ4v) is 0.979. The molecule has 1 amide bonds. The van der Waals surface area contributed by atoms with E-state index >= 15 is 0 Å². The van der Waals surface area contributed by atoms with Crippen molar-refractivity contribution in [3.05, 3.63) is 0 Å². The SMILES string of the molecule is CCCC(N)C(=O)NCCOCC(=O)O. The van der Waals surface area contributed by atoms with E-state index in [4.69, 9.17) is 15.6 Å².